The molecular weight excluding hydrogens is 483 g/mol. The van der Waals surface area contributed by atoms with E-state index in [1.165, 1.54) is 4.90 Å². The van der Waals surface area contributed by atoms with Crippen LogP contribution in [0.5, 0.6) is 0 Å². The van der Waals surface area contributed by atoms with Gasteiger partial charge in [-0.15, -0.1) is 0 Å². The minimum atomic E-state index is -0.986. The molecule has 6 rings (SSSR count). The molecule has 1 unspecified atom stereocenters. The molecule has 2 amide bonds. The van der Waals surface area contributed by atoms with Crippen molar-refractivity contribution < 1.29 is 18.5 Å². The highest BCUT2D eigenvalue weighted by Gasteiger charge is 2.31. The Morgan fingerprint density at radius 2 is 1.79 bits per heavy atom. The van der Waals surface area contributed by atoms with Crippen LogP contribution in [-0.2, 0) is 0 Å². The van der Waals surface area contributed by atoms with E-state index in [0.717, 1.165) is 33.1 Å². The number of alkyl halides is 1. The molecule has 1 aliphatic heterocycles. The fourth-order valence-corrected chi connectivity index (χ4v) is 5.61. The van der Waals surface area contributed by atoms with Crippen molar-refractivity contribution in [3.8, 4) is 11.1 Å². The van der Waals surface area contributed by atoms with Crippen LogP contribution in [0.4, 0.5) is 4.39 Å². The lowest BCUT2D eigenvalue weighted by molar-refractivity contribution is 0.0400. The van der Waals surface area contributed by atoms with Crippen molar-refractivity contribution >= 4 is 33.6 Å². The van der Waals surface area contributed by atoms with Gasteiger partial charge in [0.25, 0.3) is 5.91 Å². The van der Waals surface area contributed by atoms with Crippen LogP contribution in [0.1, 0.15) is 50.7 Å². The Morgan fingerprint density at radius 3 is 2.42 bits per heavy atom. The molecular formula is C30H27FN4O3. The number of nitrogens with zero attached hydrogens (tertiary/aromatic N) is 3. The summed E-state index contributed by atoms with van der Waals surface area (Å²) >= 11 is 0. The molecule has 1 saturated heterocycles. The third-order valence-electron chi connectivity index (χ3n) is 7.53. The zero-order valence-electron chi connectivity index (χ0n) is 21.4. The lowest BCUT2D eigenvalue weighted by Gasteiger charge is -2.34. The molecule has 2 N–H and O–H groups in total. The number of aromatic nitrogens is 2. The standard InChI is InChI=1S/C30H27FN4O3/c1-16-27(18(3)38-33-16)21-12-24(29(32)36)28-23-11-20(30(37)34-14-22(31)15-34)9-10-25(23)35(26(28)13-21)17(2)19-7-5-4-6-8-19/h4-13,17,22H,14-15H2,1-3H3,(H2,32,36). The number of likely N-dealkylation sites (tertiary alicyclic amines) is 1. The summed E-state index contributed by atoms with van der Waals surface area (Å²) in [7, 11) is 0. The largest absolute Gasteiger partial charge is 0.366 e. The zero-order chi connectivity index (χ0) is 26.7. The first-order chi connectivity index (χ1) is 18.2. The number of carbonyl (C=O) groups is 2. The van der Waals surface area contributed by atoms with Gasteiger partial charge in [-0.3, -0.25) is 9.59 Å². The van der Waals surface area contributed by atoms with Crippen molar-refractivity contribution in [1.29, 1.82) is 0 Å². The van der Waals surface area contributed by atoms with Gasteiger partial charge in [0, 0.05) is 33.0 Å². The monoisotopic (exact) mass is 510 g/mol. The number of benzene rings is 3. The van der Waals surface area contributed by atoms with Gasteiger partial charge in [0.2, 0.25) is 5.91 Å². The minimum Gasteiger partial charge on any atom is -0.366 e. The van der Waals surface area contributed by atoms with E-state index in [1.54, 1.807) is 18.2 Å². The van der Waals surface area contributed by atoms with Gasteiger partial charge in [-0.1, -0.05) is 35.5 Å². The second-order valence-electron chi connectivity index (χ2n) is 9.98. The van der Waals surface area contributed by atoms with E-state index in [4.69, 9.17) is 10.3 Å². The highest BCUT2D eigenvalue weighted by Crippen LogP contribution is 2.40. The predicted octanol–water partition coefficient (Wildman–Crippen LogP) is 5.57. The molecule has 192 valence electrons. The van der Waals surface area contributed by atoms with Crippen LogP contribution in [0.15, 0.2) is 65.2 Å². The first-order valence-electron chi connectivity index (χ1n) is 12.6. The number of carbonyl (C=O) groups excluding carboxylic acids is 2. The highest BCUT2D eigenvalue weighted by molar-refractivity contribution is 6.20. The van der Waals surface area contributed by atoms with Gasteiger partial charge < -0.3 is 19.7 Å². The molecule has 0 bridgehead atoms. The molecule has 1 atom stereocenters. The summed E-state index contributed by atoms with van der Waals surface area (Å²) in [5.74, 6) is -0.162. The fraction of sp³-hybridized carbons (Fsp3) is 0.233. The molecule has 7 nitrogen and oxygen atoms in total. The number of amides is 2. The third kappa shape index (κ3) is 3.67. The second kappa shape index (κ2) is 8.83. The van der Waals surface area contributed by atoms with Crippen molar-refractivity contribution in [3.05, 3.63) is 88.8 Å². The van der Waals surface area contributed by atoms with Gasteiger partial charge in [-0.2, -0.15) is 0 Å². The molecule has 1 aliphatic rings. The zero-order valence-corrected chi connectivity index (χ0v) is 21.4. The van der Waals surface area contributed by atoms with Crippen LogP contribution in [0.2, 0.25) is 0 Å². The van der Waals surface area contributed by atoms with Crippen molar-refractivity contribution in [2.75, 3.05) is 13.1 Å². The average molecular weight is 511 g/mol. The van der Waals surface area contributed by atoms with Crippen LogP contribution >= 0.6 is 0 Å². The third-order valence-corrected chi connectivity index (χ3v) is 7.53. The highest BCUT2D eigenvalue weighted by atomic mass is 19.1. The van der Waals surface area contributed by atoms with Gasteiger partial charge in [-0.05, 0) is 62.2 Å². The van der Waals surface area contributed by atoms with Crippen LogP contribution < -0.4 is 5.73 Å². The van der Waals surface area contributed by atoms with Crippen LogP contribution in [-0.4, -0.2) is 45.7 Å². The molecule has 0 saturated carbocycles. The number of aryl methyl sites for hydroxylation is 2. The van der Waals surface area contributed by atoms with Crippen LogP contribution in [0, 0.1) is 13.8 Å². The maximum Gasteiger partial charge on any atom is 0.254 e. The maximum atomic E-state index is 13.5. The van der Waals surface area contributed by atoms with Crippen LogP contribution in [0.25, 0.3) is 32.9 Å². The van der Waals surface area contributed by atoms with Crippen molar-refractivity contribution in [3.63, 3.8) is 0 Å². The average Bonchev–Trinajstić information content (AvgIpc) is 3.41. The molecule has 3 aromatic carbocycles. The summed E-state index contributed by atoms with van der Waals surface area (Å²) in [5, 5.41) is 5.51. The van der Waals surface area contributed by atoms with Gasteiger partial charge in [0.1, 0.15) is 11.9 Å². The molecule has 0 radical (unpaired) electrons. The molecule has 1 fully saturated rings. The predicted molar refractivity (Wildman–Crippen MR) is 144 cm³/mol. The number of hydrogen-bond donors (Lipinski definition) is 1. The van der Waals surface area contributed by atoms with E-state index in [1.807, 2.05) is 44.2 Å². The first-order valence-corrected chi connectivity index (χ1v) is 12.6. The summed E-state index contributed by atoms with van der Waals surface area (Å²) < 4.78 is 21.0. The maximum absolute atomic E-state index is 13.5. The van der Waals surface area contributed by atoms with E-state index in [0.29, 0.717) is 28.0 Å². The number of fused-ring (bicyclic) bond motifs is 3. The summed E-state index contributed by atoms with van der Waals surface area (Å²) in [5.41, 5.74) is 11.8. The molecule has 3 heterocycles. The van der Waals surface area contributed by atoms with Crippen molar-refractivity contribution in [2.45, 2.75) is 33.0 Å². The van der Waals surface area contributed by atoms with E-state index < -0.39 is 12.1 Å². The Morgan fingerprint density at radius 1 is 1.05 bits per heavy atom. The Kier molecular flexibility index (Phi) is 5.56. The normalized spacial score (nSPS) is 14.7. The fourth-order valence-electron chi connectivity index (χ4n) is 5.61. The van der Waals surface area contributed by atoms with E-state index in [9.17, 15) is 14.0 Å². The number of hydrogen-bond acceptors (Lipinski definition) is 4. The SMILES string of the molecule is Cc1noc(C)c1-c1cc(C(N)=O)c2c3cc(C(=O)N4CC(F)C4)ccc3n(C(C)c3ccccc3)c2c1. The minimum absolute atomic E-state index is 0.0943. The summed E-state index contributed by atoms with van der Waals surface area (Å²) in [4.78, 5) is 27.4. The number of halogens is 1. The topological polar surface area (TPSA) is 94.4 Å². The molecule has 8 heteroatoms. The summed E-state index contributed by atoms with van der Waals surface area (Å²) in [6.07, 6.45) is -0.986. The van der Waals surface area contributed by atoms with Gasteiger partial charge in [0.15, 0.2) is 0 Å². The van der Waals surface area contributed by atoms with Crippen molar-refractivity contribution in [1.82, 2.24) is 14.6 Å². The van der Waals surface area contributed by atoms with Crippen molar-refractivity contribution in [2.24, 2.45) is 5.73 Å². The van der Waals surface area contributed by atoms with Gasteiger partial charge in [0.05, 0.1) is 30.3 Å². The number of nitrogens with two attached hydrogens (primary N) is 1. The summed E-state index contributed by atoms with van der Waals surface area (Å²) in [6.45, 7) is 5.98. The Balaban J connectivity index is 1.67. The number of primary amides is 1. The Bertz CT molecular complexity index is 1710. The Labute approximate surface area is 218 Å². The van der Waals surface area contributed by atoms with E-state index in [2.05, 4.69) is 28.8 Å². The van der Waals surface area contributed by atoms with E-state index in [-0.39, 0.29) is 25.0 Å². The molecule has 0 aliphatic carbocycles. The lowest BCUT2D eigenvalue weighted by atomic mass is 9.96. The molecule has 2 aromatic heterocycles. The van der Waals surface area contributed by atoms with Crippen LogP contribution in [0.3, 0.4) is 0 Å². The smallest absolute Gasteiger partial charge is 0.254 e. The second-order valence-corrected chi connectivity index (χ2v) is 9.98. The summed E-state index contributed by atoms with van der Waals surface area (Å²) in [6, 6.07) is 19.2. The molecule has 0 spiro atoms. The first kappa shape index (κ1) is 23.9. The lowest BCUT2D eigenvalue weighted by Crippen LogP contribution is -2.51. The Hall–Kier alpha value is -4.46. The van der Waals surface area contributed by atoms with Gasteiger partial charge in [-0.25, -0.2) is 4.39 Å². The van der Waals surface area contributed by atoms with Gasteiger partial charge >= 0.3 is 0 Å². The molecule has 38 heavy (non-hydrogen) atoms. The molecule has 5 aromatic rings. The van der Waals surface area contributed by atoms with E-state index >= 15 is 0 Å². The number of rotatable bonds is 5. The quantitative estimate of drug-likeness (QED) is 0.335.